The number of ether oxygens (including phenoxy) is 2. The monoisotopic (exact) mass is 496 g/mol. The molecule has 26 heavy (non-hydrogen) atoms. The zero-order chi connectivity index (χ0) is 18.2. The largest absolute Gasteiger partial charge is 0.495 e. The van der Waals surface area contributed by atoms with Crippen molar-refractivity contribution in [2.45, 2.75) is 32.4 Å². The Bertz CT molecular complexity index is 622. The van der Waals surface area contributed by atoms with Gasteiger partial charge in [-0.2, -0.15) is 0 Å². The molecule has 0 bridgehead atoms. The first-order valence-corrected chi connectivity index (χ1v) is 8.71. The summed E-state index contributed by atoms with van der Waals surface area (Å²) in [6, 6.07) is 5.73. The molecule has 0 atom stereocenters. The van der Waals surface area contributed by atoms with Crippen molar-refractivity contribution in [3.8, 4) is 5.75 Å². The zero-order valence-electron chi connectivity index (χ0n) is 15.0. The summed E-state index contributed by atoms with van der Waals surface area (Å²) in [5.41, 5.74) is 6.92. The summed E-state index contributed by atoms with van der Waals surface area (Å²) in [6.45, 7) is 3.94. The fraction of sp³-hybridized carbons (Fsp3) is 0.529. The van der Waals surface area contributed by atoms with Crippen molar-refractivity contribution >= 4 is 47.6 Å². The van der Waals surface area contributed by atoms with Crippen LogP contribution in [0.1, 0.15) is 25.3 Å². The third kappa shape index (κ3) is 6.71. The summed E-state index contributed by atoms with van der Waals surface area (Å²) in [7, 11) is 1.58. The van der Waals surface area contributed by atoms with Crippen molar-refractivity contribution in [1.82, 2.24) is 10.2 Å². The van der Waals surface area contributed by atoms with Gasteiger partial charge in [-0.15, -0.1) is 24.0 Å². The Labute approximate surface area is 176 Å². The average Bonchev–Trinajstić information content (AvgIpc) is 2.61. The molecule has 9 heteroatoms. The van der Waals surface area contributed by atoms with Crippen LogP contribution in [0.15, 0.2) is 23.2 Å². The van der Waals surface area contributed by atoms with Crippen LogP contribution < -0.4 is 15.8 Å². The molecule has 1 aromatic carbocycles. The minimum absolute atomic E-state index is 0. The molecular weight excluding hydrogens is 471 g/mol. The van der Waals surface area contributed by atoms with Crippen LogP contribution in [0.4, 0.5) is 4.79 Å². The molecule has 7 nitrogen and oxygen atoms in total. The van der Waals surface area contributed by atoms with Gasteiger partial charge in [-0.3, -0.25) is 0 Å². The molecule has 1 aromatic rings. The highest BCUT2D eigenvalue weighted by molar-refractivity contribution is 14.0. The van der Waals surface area contributed by atoms with Crippen molar-refractivity contribution in [1.29, 1.82) is 0 Å². The first-order chi connectivity index (χ1) is 12.0. The maximum Gasteiger partial charge on any atom is 0.409 e. The van der Waals surface area contributed by atoms with Crippen molar-refractivity contribution in [2.75, 3.05) is 26.8 Å². The summed E-state index contributed by atoms with van der Waals surface area (Å²) in [4.78, 5) is 17.7. The number of amides is 1. The lowest BCUT2D eigenvalue weighted by Crippen LogP contribution is -2.48. The molecule has 2 rings (SSSR count). The van der Waals surface area contributed by atoms with Gasteiger partial charge in [0.05, 0.1) is 25.3 Å². The van der Waals surface area contributed by atoms with Gasteiger partial charge < -0.3 is 25.4 Å². The quantitative estimate of drug-likeness (QED) is 0.372. The van der Waals surface area contributed by atoms with Crippen molar-refractivity contribution < 1.29 is 14.3 Å². The second-order valence-corrected chi connectivity index (χ2v) is 6.18. The minimum atomic E-state index is -0.251. The Morgan fingerprint density at radius 2 is 2.12 bits per heavy atom. The lowest BCUT2D eigenvalue weighted by Gasteiger charge is -2.31. The molecule has 1 aliphatic rings. The molecule has 146 valence electrons. The van der Waals surface area contributed by atoms with Gasteiger partial charge in [0.1, 0.15) is 5.75 Å². The number of carbonyl (C=O) groups is 1. The highest BCUT2D eigenvalue weighted by atomic mass is 127. The molecule has 0 radical (unpaired) electrons. The summed E-state index contributed by atoms with van der Waals surface area (Å²) < 4.78 is 10.1. The van der Waals surface area contributed by atoms with Gasteiger partial charge in [-0.1, -0.05) is 17.7 Å². The number of nitrogens with zero attached hydrogens (tertiary/aromatic N) is 2. The number of aliphatic imine (C=N–C) groups is 1. The van der Waals surface area contributed by atoms with Gasteiger partial charge in [0.15, 0.2) is 5.96 Å². The molecule has 1 saturated heterocycles. The minimum Gasteiger partial charge on any atom is -0.495 e. The van der Waals surface area contributed by atoms with Crippen LogP contribution in [0.5, 0.6) is 5.75 Å². The van der Waals surface area contributed by atoms with E-state index in [1.807, 2.05) is 18.2 Å². The van der Waals surface area contributed by atoms with E-state index in [1.165, 1.54) is 0 Å². The van der Waals surface area contributed by atoms with Crippen molar-refractivity contribution in [2.24, 2.45) is 10.7 Å². The van der Waals surface area contributed by atoms with Crippen molar-refractivity contribution in [3.63, 3.8) is 0 Å². The zero-order valence-corrected chi connectivity index (χ0v) is 18.1. The maximum atomic E-state index is 11.7. The Kier molecular flexibility index (Phi) is 9.85. The normalized spacial score (nSPS) is 15.2. The van der Waals surface area contributed by atoms with Gasteiger partial charge >= 0.3 is 6.09 Å². The topological polar surface area (TPSA) is 89.2 Å². The van der Waals surface area contributed by atoms with Gasteiger partial charge in [0.2, 0.25) is 0 Å². The van der Waals surface area contributed by atoms with Crippen molar-refractivity contribution in [3.05, 3.63) is 28.8 Å². The van der Waals surface area contributed by atoms with Crippen LogP contribution in [0.2, 0.25) is 5.02 Å². The van der Waals surface area contributed by atoms with E-state index < -0.39 is 0 Å². The molecule has 1 heterocycles. The van der Waals surface area contributed by atoms with Crippen LogP contribution in [0.25, 0.3) is 0 Å². The van der Waals surface area contributed by atoms with Gasteiger partial charge in [-0.25, -0.2) is 9.79 Å². The average molecular weight is 497 g/mol. The van der Waals surface area contributed by atoms with Crippen LogP contribution in [0.3, 0.4) is 0 Å². The van der Waals surface area contributed by atoms with Crippen LogP contribution in [0, 0.1) is 0 Å². The number of likely N-dealkylation sites (tertiary alicyclic amines) is 1. The number of nitrogens with one attached hydrogen (secondary N) is 1. The number of halogens is 2. The second kappa shape index (κ2) is 11.3. The third-order valence-corrected chi connectivity index (χ3v) is 4.32. The van der Waals surface area contributed by atoms with E-state index in [0.717, 1.165) is 18.4 Å². The molecule has 0 unspecified atom stereocenters. The lowest BCUT2D eigenvalue weighted by atomic mass is 10.1. The van der Waals surface area contributed by atoms with E-state index in [2.05, 4.69) is 10.3 Å². The van der Waals surface area contributed by atoms with E-state index in [4.69, 9.17) is 26.8 Å². The van der Waals surface area contributed by atoms with Gasteiger partial charge in [-0.05, 0) is 37.5 Å². The number of rotatable bonds is 5. The predicted octanol–water partition coefficient (Wildman–Crippen LogP) is 2.99. The Morgan fingerprint density at radius 3 is 2.69 bits per heavy atom. The summed E-state index contributed by atoms with van der Waals surface area (Å²) in [5.74, 6) is 1.02. The number of piperidine rings is 1. The summed E-state index contributed by atoms with van der Waals surface area (Å²) in [6.07, 6.45) is 1.37. The van der Waals surface area contributed by atoms with E-state index in [1.54, 1.807) is 18.9 Å². The van der Waals surface area contributed by atoms with Gasteiger partial charge in [0, 0.05) is 19.1 Å². The van der Waals surface area contributed by atoms with Crippen LogP contribution in [-0.4, -0.2) is 49.8 Å². The number of methoxy groups -OCH3 is 1. The molecule has 1 aliphatic heterocycles. The number of carbonyl (C=O) groups excluding carboxylic acids is 1. The van der Waals surface area contributed by atoms with E-state index in [0.29, 0.717) is 43.0 Å². The Morgan fingerprint density at radius 1 is 1.42 bits per heavy atom. The number of guanidine groups is 1. The summed E-state index contributed by atoms with van der Waals surface area (Å²) >= 11 is 6.10. The highest BCUT2D eigenvalue weighted by Crippen LogP contribution is 2.25. The number of hydrogen-bond donors (Lipinski definition) is 2. The van der Waals surface area contributed by atoms with Crippen LogP contribution in [-0.2, 0) is 11.3 Å². The third-order valence-electron chi connectivity index (χ3n) is 4.02. The molecule has 0 aromatic heterocycles. The van der Waals surface area contributed by atoms with Crippen LogP contribution >= 0.6 is 35.6 Å². The molecule has 1 amide bonds. The SMILES string of the molecule is CCOC(=O)N1CCC(NC(N)=NCc2ccc(OC)c(Cl)c2)CC1.I. The fourth-order valence-electron chi connectivity index (χ4n) is 2.66. The molecule has 0 spiro atoms. The van der Waals surface area contributed by atoms with E-state index in [-0.39, 0.29) is 36.1 Å². The fourth-order valence-corrected chi connectivity index (χ4v) is 2.94. The highest BCUT2D eigenvalue weighted by Gasteiger charge is 2.23. The van der Waals surface area contributed by atoms with Gasteiger partial charge in [0.25, 0.3) is 0 Å². The first kappa shape index (κ1) is 22.6. The number of hydrogen-bond acceptors (Lipinski definition) is 4. The molecule has 3 N–H and O–H groups in total. The summed E-state index contributed by atoms with van der Waals surface area (Å²) in [5, 5.41) is 3.76. The first-order valence-electron chi connectivity index (χ1n) is 8.34. The Balaban J connectivity index is 0.00000338. The molecule has 0 saturated carbocycles. The molecular formula is C17H26ClIN4O3. The Hall–Kier alpha value is -1.42. The maximum absolute atomic E-state index is 11.7. The number of nitrogens with two attached hydrogens (primary N) is 1. The standard InChI is InChI=1S/C17H25ClN4O3.HI/c1-3-25-17(23)22-8-6-13(7-9-22)21-16(19)20-11-12-4-5-15(24-2)14(18)10-12;/h4-5,10,13H,3,6-9,11H2,1-2H3,(H3,19,20,21);1H. The van der Waals surface area contributed by atoms with E-state index >= 15 is 0 Å². The number of benzene rings is 1. The molecule has 1 fully saturated rings. The second-order valence-electron chi connectivity index (χ2n) is 5.77. The predicted molar refractivity (Wildman–Crippen MR) is 113 cm³/mol. The lowest BCUT2D eigenvalue weighted by molar-refractivity contribution is 0.0963. The smallest absolute Gasteiger partial charge is 0.409 e. The van der Waals surface area contributed by atoms with E-state index in [9.17, 15) is 4.79 Å². The molecule has 0 aliphatic carbocycles.